The molecule has 1 amide bonds. The number of carbonyl (C=O) groups excluding carboxylic acids is 1. The van der Waals surface area contributed by atoms with Gasteiger partial charge in [-0.25, -0.2) is 9.97 Å². The van der Waals surface area contributed by atoms with E-state index < -0.39 is 0 Å². The number of carbonyl (C=O) groups is 1. The molecular formula is C21H23N5O2S. The molecule has 0 aliphatic heterocycles. The summed E-state index contributed by atoms with van der Waals surface area (Å²) in [5.74, 6) is 0.659. The molecule has 0 saturated heterocycles. The Labute approximate surface area is 172 Å². The number of para-hydroxylation sites is 1. The Kier molecular flexibility index (Phi) is 5.73. The van der Waals surface area contributed by atoms with Gasteiger partial charge in [-0.1, -0.05) is 18.2 Å². The average Bonchev–Trinajstić information content (AvgIpc) is 3.30. The lowest BCUT2D eigenvalue weighted by Crippen LogP contribution is -2.26. The van der Waals surface area contributed by atoms with Crippen molar-refractivity contribution < 1.29 is 9.53 Å². The topological polar surface area (TPSA) is 91.9 Å². The maximum atomic E-state index is 12.5. The third kappa shape index (κ3) is 3.94. The third-order valence-electron chi connectivity index (χ3n) is 4.89. The van der Waals surface area contributed by atoms with Crippen LogP contribution in [0.25, 0.3) is 21.1 Å². The molecule has 0 spiro atoms. The summed E-state index contributed by atoms with van der Waals surface area (Å²) in [4.78, 5) is 26.0. The zero-order chi connectivity index (χ0) is 20.2. The standard InChI is InChI=1S/C21H23N5O2S/c1-13-17-19(22-8-7-14-11-24-16-6-4-3-5-15(14)16)25-12-26-21(17)29-18(13)20(27)23-9-10-28-2/h3-6,11-12,24H,7-10H2,1-2H3,(H,23,27)(H,22,25,26). The van der Waals surface area contributed by atoms with Crippen molar-refractivity contribution in [2.24, 2.45) is 0 Å². The number of H-pyrrole nitrogens is 1. The van der Waals surface area contributed by atoms with Gasteiger partial charge in [-0.2, -0.15) is 0 Å². The Morgan fingerprint density at radius 2 is 2.10 bits per heavy atom. The van der Waals surface area contributed by atoms with Crippen LogP contribution in [-0.4, -0.2) is 47.7 Å². The number of benzene rings is 1. The van der Waals surface area contributed by atoms with E-state index >= 15 is 0 Å². The highest BCUT2D eigenvalue weighted by atomic mass is 32.1. The average molecular weight is 410 g/mol. The van der Waals surface area contributed by atoms with Crippen LogP contribution in [-0.2, 0) is 11.2 Å². The summed E-state index contributed by atoms with van der Waals surface area (Å²) in [6, 6.07) is 8.28. The summed E-state index contributed by atoms with van der Waals surface area (Å²) in [6.07, 6.45) is 4.46. The maximum absolute atomic E-state index is 12.5. The first-order chi connectivity index (χ1) is 14.2. The molecule has 3 aromatic heterocycles. The van der Waals surface area contributed by atoms with Crippen LogP contribution < -0.4 is 10.6 Å². The molecule has 3 heterocycles. The minimum atomic E-state index is -0.104. The van der Waals surface area contributed by atoms with Crippen molar-refractivity contribution in [2.75, 3.05) is 32.1 Å². The molecule has 4 rings (SSSR count). The number of nitrogens with one attached hydrogen (secondary N) is 3. The van der Waals surface area contributed by atoms with Crippen molar-refractivity contribution in [3.63, 3.8) is 0 Å². The molecule has 0 radical (unpaired) electrons. The normalized spacial score (nSPS) is 11.2. The Morgan fingerprint density at radius 3 is 2.97 bits per heavy atom. The number of hydrogen-bond acceptors (Lipinski definition) is 6. The van der Waals surface area contributed by atoms with E-state index in [1.807, 2.05) is 13.0 Å². The first-order valence-corrected chi connectivity index (χ1v) is 10.3. The zero-order valence-corrected chi connectivity index (χ0v) is 17.2. The first-order valence-electron chi connectivity index (χ1n) is 9.49. The van der Waals surface area contributed by atoms with Crippen molar-refractivity contribution in [2.45, 2.75) is 13.3 Å². The number of nitrogens with zero attached hydrogens (tertiary/aromatic N) is 2. The van der Waals surface area contributed by atoms with Crippen LogP contribution in [0.1, 0.15) is 20.8 Å². The van der Waals surface area contributed by atoms with Crippen LogP contribution in [0, 0.1) is 6.92 Å². The molecular weight excluding hydrogens is 386 g/mol. The van der Waals surface area contributed by atoms with Gasteiger partial charge in [0.25, 0.3) is 5.91 Å². The van der Waals surface area contributed by atoms with Gasteiger partial charge in [-0.05, 0) is 30.5 Å². The lowest BCUT2D eigenvalue weighted by atomic mass is 10.1. The molecule has 7 nitrogen and oxygen atoms in total. The van der Waals surface area contributed by atoms with E-state index in [2.05, 4.69) is 50.0 Å². The number of aromatic nitrogens is 3. The van der Waals surface area contributed by atoms with Crippen LogP contribution >= 0.6 is 11.3 Å². The van der Waals surface area contributed by atoms with Crippen molar-refractivity contribution >= 4 is 44.2 Å². The molecule has 0 aliphatic carbocycles. The second-order valence-corrected chi connectivity index (χ2v) is 7.74. The summed E-state index contributed by atoms with van der Waals surface area (Å²) in [7, 11) is 1.61. The Balaban J connectivity index is 1.51. The second kappa shape index (κ2) is 8.59. The summed E-state index contributed by atoms with van der Waals surface area (Å²) in [5.41, 5.74) is 3.30. The van der Waals surface area contributed by atoms with E-state index in [4.69, 9.17) is 4.74 Å². The summed E-state index contributed by atoms with van der Waals surface area (Å²) in [6.45, 7) is 3.64. The lowest BCUT2D eigenvalue weighted by Gasteiger charge is -2.07. The number of methoxy groups -OCH3 is 1. The zero-order valence-electron chi connectivity index (χ0n) is 16.4. The molecule has 29 heavy (non-hydrogen) atoms. The lowest BCUT2D eigenvalue weighted by molar-refractivity contribution is 0.0940. The van der Waals surface area contributed by atoms with E-state index in [-0.39, 0.29) is 5.91 Å². The number of hydrogen-bond donors (Lipinski definition) is 3. The van der Waals surface area contributed by atoms with Gasteiger partial charge in [-0.3, -0.25) is 4.79 Å². The van der Waals surface area contributed by atoms with Gasteiger partial charge in [0.05, 0.1) is 16.9 Å². The van der Waals surface area contributed by atoms with Crippen molar-refractivity contribution in [1.29, 1.82) is 0 Å². The minimum Gasteiger partial charge on any atom is -0.383 e. The molecule has 4 aromatic rings. The monoisotopic (exact) mass is 409 g/mol. The van der Waals surface area contributed by atoms with Gasteiger partial charge >= 0.3 is 0 Å². The molecule has 0 atom stereocenters. The maximum Gasteiger partial charge on any atom is 0.261 e. The first kappa shape index (κ1) is 19.4. The van der Waals surface area contributed by atoms with E-state index in [1.54, 1.807) is 13.4 Å². The molecule has 8 heteroatoms. The van der Waals surface area contributed by atoms with E-state index in [0.717, 1.165) is 40.1 Å². The van der Waals surface area contributed by atoms with Gasteiger partial charge in [0.2, 0.25) is 0 Å². The van der Waals surface area contributed by atoms with Gasteiger partial charge in [0.15, 0.2) is 0 Å². The fourth-order valence-corrected chi connectivity index (χ4v) is 4.49. The van der Waals surface area contributed by atoms with Crippen LogP contribution in [0.15, 0.2) is 36.8 Å². The largest absolute Gasteiger partial charge is 0.383 e. The predicted octanol–water partition coefficient (Wildman–Crippen LogP) is 3.51. The van der Waals surface area contributed by atoms with Crippen molar-refractivity contribution in [3.8, 4) is 0 Å². The van der Waals surface area contributed by atoms with E-state index in [9.17, 15) is 4.79 Å². The van der Waals surface area contributed by atoms with Gasteiger partial charge in [0.1, 0.15) is 17.0 Å². The Bertz CT molecular complexity index is 1150. The second-order valence-electron chi connectivity index (χ2n) is 6.74. The van der Waals surface area contributed by atoms with E-state index in [0.29, 0.717) is 18.0 Å². The highest BCUT2D eigenvalue weighted by molar-refractivity contribution is 7.20. The minimum absolute atomic E-state index is 0.104. The number of fused-ring (bicyclic) bond motifs is 2. The molecule has 0 saturated carbocycles. The molecule has 0 aliphatic rings. The highest BCUT2D eigenvalue weighted by Crippen LogP contribution is 2.33. The van der Waals surface area contributed by atoms with Crippen LogP contribution in [0.2, 0.25) is 0 Å². The molecule has 0 bridgehead atoms. The van der Waals surface area contributed by atoms with Gasteiger partial charge < -0.3 is 20.4 Å². The quantitative estimate of drug-likeness (QED) is 0.387. The van der Waals surface area contributed by atoms with Crippen LogP contribution in [0.3, 0.4) is 0 Å². The molecule has 0 unspecified atom stereocenters. The highest BCUT2D eigenvalue weighted by Gasteiger charge is 2.19. The number of aryl methyl sites for hydroxylation is 1. The van der Waals surface area contributed by atoms with Crippen molar-refractivity contribution in [3.05, 3.63) is 52.8 Å². The molecule has 1 aromatic carbocycles. The number of aromatic amines is 1. The smallest absolute Gasteiger partial charge is 0.261 e. The Morgan fingerprint density at radius 1 is 1.24 bits per heavy atom. The summed E-state index contributed by atoms with van der Waals surface area (Å²) < 4.78 is 4.99. The predicted molar refractivity (Wildman–Crippen MR) is 117 cm³/mol. The third-order valence-corrected chi connectivity index (χ3v) is 6.09. The summed E-state index contributed by atoms with van der Waals surface area (Å²) >= 11 is 1.39. The molecule has 3 N–H and O–H groups in total. The Hall–Kier alpha value is -2.97. The number of amides is 1. The summed E-state index contributed by atoms with van der Waals surface area (Å²) in [5, 5.41) is 8.45. The fraction of sp³-hybridized carbons (Fsp3) is 0.286. The number of anilines is 1. The fourth-order valence-electron chi connectivity index (χ4n) is 3.42. The van der Waals surface area contributed by atoms with Crippen LogP contribution in [0.5, 0.6) is 0 Å². The van der Waals surface area contributed by atoms with Crippen LogP contribution in [0.4, 0.5) is 5.82 Å². The number of thiophene rings is 1. The molecule has 0 fully saturated rings. The number of ether oxygens (including phenoxy) is 1. The van der Waals surface area contributed by atoms with Gasteiger partial charge in [0, 0.05) is 37.3 Å². The number of rotatable bonds is 8. The van der Waals surface area contributed by atoms with Crippen molar-refractivity contribution in [1.82, 2.24) is 20.3 Å². The molecule has 150 valence electrons. The van der Waals surface area contributed by atoms with E-state index in [1.165, 1.54) is 22.3 Å². The SMILES string of the molecule is COCCNC(=O)c1sc2ncnc(NCCc3c[nH]c4ccccc34)c2c1C. The van der Waals surface area contributed by atoms with Gasteiger partial charge in [-0.15, -0.1) is 11.3 Å².